The topological polar surface area (TPSA) is 84.4 Å². The molecule has 6 nitrogen and oxygen atoms in total. The van der Waals surface area contributed by atoms with Crippen LogP contribution in [-0.4, -0.2) is 31.5 Å². The quantitative estimate of drug-likeness (QED) is 0.820. The Labute approximate surface area is 98.4 Å². The molecule has 0 aliphatic heterocycles. The molecule has 0 atom stereocenters. The number of aromatic nitrogens is 1. The molecule has 17 heavy (non-hydrogen) atoms. The molecule has 1 aromatic carbocycles. The Morgan fingerprint density at radius 2 is 2.29 bits per heavy atom. The Kier molecular flexibility index (Phi) is 2.97. The molecule has 0 saturated carbocycles. The maximum atomic E-state index is 11.1. The summed E-state index contributed by atoms with van der Waals surface area (Å²) in [5.41, 5.74) is 7.26. The third-order valence-corrected chi connectivity index (χ3v) is 2.23. The minimum Gasteiger partial charge on any atom is -0.423 e. The average molecular weight is 234 g/mol. The smallest absolute Gasteiger partial charge is 0.297 e. The highest BCUT2D eigenvalue weighted by Gasteiger charge is 2.08. The van der Waals surface area contributed by atoms with Gasteiger partial charge in [-0.2, -0.15) is 4.98 Å². The molecule has 2 rings (SSSR count). The highest BCUT2D eigenvalue weighted by molar-refractivity contribution is 5.94. The lowest BCUT2D eigenvalue weighted by Crippen LogP contribution is -2.21. The van der Waals surface area contributed by atoms with Crippen molar-refractivity contribution in [2.45, 2.75) is 0 Å². The fraction of sp³-hybridized carbons (Fsp3) is 0.273. The number of nitrogens with one attached hydrogen (secondary N) is 1. The van der Waals surface area contributed by atoms with E-state index in [-0.39, 0.29) is 12.5 Å². The normalized spacial score (nSPS) is 10.5. The SMILES string of the molecule is CN(C)c1nc2cc(NC(=O)CN)ccc2o1. The molecular weight excluding hydrogens is 220 g/mol. The monoisotopic (exact) mass is 234 g/mol. The van der Waals surface area contributed by atoms with Crippen LogP contribution < -0.4 is 16.0 Å². The van der Waals surface area contributed by atoms with Gasteiger partial charge >= 0.3 is 0 Å². The molecule has 0 spiro atoms. The Hall–Kier alpha value is -2.08. The molecular formula is C11H14N4O2. The van der Waals surface area contributed by atoms with E-state index in [2.05, 4.69) is 10.3 Å². The predicted octanol–water partition coefficient (Wildman–Crippen LogP) is 0.791. The predicted molar refractivity (Wildman–Crippen MR) is 66.0 cm³/mol. The highest BCUT2D eigenvalue weighted by Crippen LogP contribution is 2.23. The van der Waals surface area contributed by atoms with Crippen molar-refractivity contribution in [2.75, 3.05) is 30.9 Å². The Bertz CT molecular complexity index is 547. The standard InChI is InChI=1S/C11H14N4O2/c1-15(2)11-14-8-5-7(13-10(16)6-12)3-4-9(8)17-11/h3-5H,6,12H2,1-2H3,(H,13,16). The molecule has 0 unspecified atom stereocenters. The number of rotatable bonds is 3. The maximum Gasteiger partial charge on any atom is 0.297 e. The first-order valence-electron chi connectivity index (χ1n) is 5.18. The van der Waals surface area contributed by atoms with Gasteiger partial charge in [0.1, 0.15) is 5.52 Å². The summed E-state index contributed by atoms with van der Waals surface area (Å²) in [7, 11) is 3.70. The molecule has 2 aromatic rings. The van der Waals surface area contributed by atoms with Gasteiger partial charge in [0, 0.05) is 19.8 Å². The van der Waals surface area contributed by atoms with Gasteiger partial charge in [-0.1, -0.05) is 0 Å². The van der Waals surface area contributed by atoms with Gasteiger partial charge in [0.25, 0.3) is 6.01 Å². The number of carbonyl (C=O) groups is 1. The fourth-order valence-electron chi connectivity index (χ4n) is 1.40. The van der Waals surface area contributed by atoms with Crippen LogP contribution in [0.15, 0.2) is 22.6 Å². The summed E-state index contributed by atoms with van der Waals surface area (Å²) >= 11 is 0. The Balaban J connectivity index is 2.33. The van der Waals surface area contributed by atoms with Crippen molar-refractivity contribution in [1.82, 2.24) is 4.98 Å². The molecule has 0 fully saturated rings. The summed E-state index contributed by atoms with van der Waals surface area (Å²) in [5.74, 6) is -0.235. The molecule has 1 heterocycles. The fourth-order valence-corrected chi connectivity index (χ4v) is 1.40. The van der Waals surface area contributed by atoms with Crippen molar-refractivity contribution in [1.29, 1.82) is 0 Å². The largest absolute Gasteiger partial charge is 0.423 e. The summed E-state index contributed by atoms with van der Waals surface area (Å²) < 4.78 is 5.49. The van der Waals surface area contributed by atoms with E-state index in [1.165, 1.54) is 0 Å². The summed E-state index contributed by atoms with van der Waals surface area (Å²) in [4.78, 5) is 17.2. The lowest BCUT2D eigenvalue weighted by atomic mass is 10.3. The number of hydrogen-bond acceptors (Lipinski definition) is 5. The van der Waals surface area contributed by atoms with Gasteiger partial charge in [-0.05, 0) is 18.2 Å². The van der Waals surface area contributed by atoms with E-state index in [0.717, 1.165) is 0 Å². The first-order chi connectivity index (χ1) is 8.10. The van der Waals surface area contributed by atoms with Gasteiger partial charge < -0.3 is 20.4 Å². The number of oxazole rings is 1. The third-order valence-electron chi connectivity index (χ3n) is 2.23. The van der Waals surface area contributed by atoms with Gasteiger partial charge in [0.05, 0.1) is 6.54 Å². The number of anilines is 2. The van der Waals surface area contributed by atoms with Crippen LogP contribution in [0.4, 0.5) is 11.7 Å². The van der Waals surface area contributed by atoms with Crippen molar-refractivity contribution >= 4 is 28.7 Å². The van der Waals surface area contributed by atoms with E-state index in [0.29, 0.717) is 22.8 Å². The van der Waals surface area contributed by atoms with Crippen LogP contribution in [0.1, 0.15) is 0 Å². The number of carbonyl (C=O) groups excluding carboxylic acids is 1. The van der Waals surface area contributed by atoms with Crippen molar-refractivity contribution in [3.8, 4) is 0 Å². The second-order valence-corrected chi connectivity index (χ2v) is 3.83. The van der Waals surface area contributed by atoms with Crippen LogP contribution in [0.25, 0.3) is 11.1 Å². The molecule has 0 aliphatic rings. The second-order valence-electron chi connectivity index (χ2n) is 3.83. The zero-order chi connectivity index (χ0) is 12.4. The minimum absolute atomic E-state index is 0.0419. The molecule has 0 aliphatic carbocycles. The first-order valence-corrected chi connectivity index (χ1v) is 5.18. The summed E-state index contributed by atoms with van der Waals surface area (Å²) in [6, 6.07) is 5.80. The van der Waals surface area contributed by atoms with E-state index in [1.807, 2.05) is 14.1 Å². The molecule has 1 aromatic heterocycles. The number of hydrogen-bond donors (Lipinski definition) is 2. The molecule has 90 valence electrons. The van der Waals surface area contributed by atoms with Gasteiger partial charge in [-0.25, -0.2) is 0 Å². The summed E-state index contributed by atoms with van der Waals surface area (Å²) in [6.07, 6.45) is 0. The van der Waals surface area contributed by atoms with Crippen LogP contribution in [0.3, 0.4) is 0 Å². The Morgan fingerprint density at radius 3 is 2.94 bits per heavy atom. The summed E-state index contributed by atoms with van der Waals surface area (Å²) in [6.45, 7) is -0.0419. The van der Waals surface area contributed by atoms with Crippen molar-refractivity contribution in [2.24, 2.45) is 5.73 Å². The lowest BCUT2D eigenvalue weighted by molar-refractivity contribution is -0.114. The molecule has 3 N–H and O–H groups in total. The van der Waals surface area contributed by atoms with Crippen LogP contribution in [0.5, 0.6) is 0 Å². The molecule has 0 bridgehead atoms. The van der Waals surface area contributed by atoms with Crippen molar-refractivity contribution in [3.05, 3.63) is 18.2 Å². The van der Waals surface area contributed by atoms with Gasteiger partial charge in [-0.15, -0.1) is 0 Å². The van der Waals surface area contributed by atoms with E-state index in [9.17, 15) is 4.79 Å². The first kappa shape index (κ1) is 11.4. The third kappa shape index (κ3) is 2.36. The number of benzene rings is 1. The Morgan fingerprint density at radius 1 is 1.53 bits per heavy atom. The van der Waals surface area contributed by atoms with Crippen LogP contribution in [-0.2, 0) is 4.79 Å². The number of nitrogens with two attached hydrogens (primary N) is 1. The van der Waals surface area contributed by atoms with Gasteiger partial charge in [-0.3, -0.25) is 4.79 Å². The van der Waals surface area contributed by atoms with Crippen LogP contribution in [0, 0.1) is 0 Å². The van der Waals surface area contributed by atoms with E-state index >= 15 is 0 Å². The zero-order valence-corrected chi connectivity index (χ0v) is 9.73. The number of nitrogens with zero attached hydrogens (tertiary/aromatic N) is 2. The van der Waals surface area contributed by atoms with Crippen molar-refractivity contribution in [3.63, 3.8) is 0 Å². The zero-order valence-electron chi connectivity index (χ0n) is 9.73. The lowest BCUT2D eigenvalue weighted by Gasteiger charge is -2.03. The van der Waals surface area contributed by atoms with E-state index in [1.54, 1.807) is 23.1 Å². The molecule has 0 radical (unpaired) electrons. The molecule has 0 saturated heterocycles. The average Bonchev–Trinajstić information content (AvgIpc) is 2.72. The second kappa shape index (κ2) is 4.42. The van der Waals surface area contributed by atoms with E-state index < -0.39 is 0 Å². The van der Waals surface area contributed by atoms with Gasteiger partial charge in [0.15, 0.2) is 5.58 Å². The van der Waals surface area contributed by atoms with E-state index in [4.69, 9.17) is 10.2 Å². The van der Waals surface area contributed by atoms with Crippen molar-refractivity contribution < 1.29 is 9.21 Å². The van der Waals surface area contributed by atoms with Gasteiger partial charge in [0.2, 0.25) is 5.91 Å². The number of amides is 1. The maximum absolute atomic E-state index is 11.1. The molecule has 1 amide bonds. The highest BCUT2D eigenvalue weighted by atomic mass is 16.4. The summed E-state index contributed by atoms with van der Waals surface area (Å²) in [5, 5.41) is 2.66. The van der Waals surface area contributed by atoms with Crippen LogP contribution >= 0.6 is 0 Å². The molecule has 6 heteroatoms. The number of fused-ring (bicyclic) bond motifs is 1. The van der Waals surface area contributed by atoms with Crippen LogP contribution in [0.2, 0.25) is 0 Å². The minimum atomic E-state index is -0.235.